The van der Waals surface area contributed by atoms with Crippen LogP contribution in [0.4, 0.5) is 5.69 Å². The molecule has 0 saturated heterocycles. The van der Waals surface area contributed by atoms with Gasteiger partial charge in [-0.3, -0.25) is 14.9 Å². The fourth-order valence-corrected chi connectivity index (χ4v) is 2.59. The molecule has 0 spiro atoms. The smallest absolute Gasteiger partial charge is 0.270 e. The lowest BCUT2D eigenvalue weighted by Crippen LogP contribution is -2.26. The molecule has 21 heavy (non-hydrogen) atoms. The molecule has 0 fully saturated rings. The lowest BCUT2D eigenvalue weighted by molar-refractivity contribution is -0.384. The molecule has 0 unspecified atom stereocenters. The molecule has 0 saturated carbocycles. The van der Waals surface area contributed by atoms with Gasteiger partial charge in [-0.2, -0.15) is 0 Å². The fourth-order valence-electron chi connectivity index (χ4n) is 1.79. The van der Waals surface area contributed by atoms with Crippen molar-refractivity contribution in [1.82, 2.24) is 9.88 Å². The summed E-state index contributed by atoms with van der Waals surface area (Å²) in [6, 6.07) is 3.81. The van der Waals surface area contributed by atoms with Crippen molar-refractivity contribution in [3.8, 4) is 0 Å². The zero-order chi connectivity index (χ0) is 15.6. The van der Waals surface area contributed by atoms with E-state index < -0.39 is 4.92 Å². The SMILES string of the molecule is Cc1nc(CN(C)C(=O)c2cc([N+](=O)[O-])ccc2Cl)cs1. The largest absolute Gasteiger partial charge is 0.336 e. The number of aromatic nitrogens is 1. The highest BCUT2D eigenvalue weighted by Crippen LogP contribution is 2.23. The molecule has 1 aromatic carbocycles. The Kier molecular flexibility index (Phi) is 4.54. The molecule has 1 heterocycles. The summed E-state index contributed by atoms with van der Waals surface area (Å²) in [5.74, 6) is -0.380. The molecule has 6 nitrogen and oxygen atoms in total. The Morgan fingerprint density at radius 2 is 2.24 bits per heavy atom. The number of hydrogen-bond donors (Lipinski definition) is 0. The number of benzene rings is 1. The van der Waals surface area contributed by atoms with Crippen LogP contribution in [0.2, 0.25) is 5.02 Å². The van der Waals surface area contributed by atoms with Gasteiger partial charge in [0.15, 0.2) is 0 Å². The zero-order valence-corrected chi connectivity index (χ0v) is 12.9. The number of non-ortho nitro benzene ring substituents is 1. The number of amides is 1. The van der Waals surface area contributed by atoms with E-state index in [-0.39, 0.29) is 22.2 Å². The summed E-state index contributed by atoms with van der Waals surface area (Å²) in [7, 11) is 1.60. The Balaban J connectivity index is 2.22. The first-order chi connectivity index (χ1) is 9.88. The molecule has 2 rings (SSSR count). The molecule has 0 aliphatic heterocycles. The highest BCUT2D eigenvalue weighted by molar-refractivity contribution is 7.09. The van der Waals surface area contributed by atoms with Crippen molar-refractivity contribution in [2.24, 2.45) is 0 Å². The first kappa shape index (κ1) is 15.4. The van der Waals surface area contributed by atoms with Crippen LogP contribution < -0.4 is 0 Å². The second-order valence-electron chi connectivity index (χ2n) is 4.44. The molecule has 1 aromatic heterocycles. The molecular formula is C13H12ClN3O3S. The van der Waals surface area contributed by atoms with E-state index in [4.69, 9.17) is 11.6 Å². The molecular weight excluding hydrogens is 314 g/mol. The highest BCUT2D eigenvalue weighted by atomic mass is 35.5. The average molecular weight is 326 g/mol. The first-order valence-electron chi connectivity index (χ1n) is 5.99. The first-order valence-corrected chi connectivity index (χ1v) is 7.24. The number of aryl methyl sites for hydroxylation is 1. The molecule has 0 aliphatic carbocycles. The molecule has 0 bridgehead atoms. The van der Waals surface area contributed by atoms with E-state index >= 15 is 0 Å². The second kappa shape index (κ2) is 6.19. The lowest BCUT2D eigenvalue weighted by Gasteiger charge is -2.16. The zero-order valence-electron chi connectivity index (χ0n) is 11.4. The van der Waals surface area contributed by atoms with E-state index in [9.17, 15) is 14.9 Å². The Bertz CT molecular complexity index is 702. The Morgan fingerprint density at radius 1 is 1.52 bits per heavy atom. The van der Waals surface area contributed by atoms with Crippen LogP contribution in [0, 0.1) is 17.0 Å². The summed E-state index contributed by atoms with van der Waals surface area (Å²) in [6.07, 6.45) is 0. The number of thiazole rings is 1. The topological polar surface area (TPSA) is 76.3 Å². The molecule has 0 radical (unpaired) electrons. The predicted octanol–water partition coefficient (Wildman–Crippen LogP) is 3.29. The summed E-state index contributed by atoms with van der Waals surface area (Å²) in [5.41, 5.74) is 0.718. The minimum absolute atomic E-state index is 0.111. The van der Waals surface area contributed by atoms with Gasteiger partial charge in [0.05, 0.1) is 32.8 Å². The van der Waals surface area contributed by atoms with Crippen LogP contribution in [-0.4, -0.2) is 27.8 Å². The van der Waals surface area contributed by atoms with Gasteiger partial charge >= 0.3 is 0 Å². The van der Waals surface area contributed by atoms with Gasteiger partial charge in [-0.25, -0.2) is 4.98 Å². The number of nitro groups is 1. The van der Waals surface area contributed by atoms with Crippen molar-refractivity contribution < 1.29 is 9.72 Å². The van der Waals surface area contributed by atoms with E-state index in [0.717, 1.165) is 10.7 Å². The second-order valence-corrected chi connectivity index (χ2v) is 5.91. The van der Waals surface area contributed by atoms with Gasteiger partial charge in [-0.1, -0.05) is 11.6 Å². The number of carbonyl (C=O) groups is 1. The maximum atomic E-state index is 12.3. The Morgan fingerprint density at radius 3 is 2.81 bits per heavy atom. The third-order valence-electron chi connectivity index (χ3n) is 2.80. The minimum atomic E-state index is -0.559. The fraction of sp³-hybridized carbons (Fsp3) is 0.231. The number of nitrogens with zero attached hydrogens (tertiary/aromatic N) is 3. The standard InChI is InChI=1S/C13H12ClN3O3S/c1-8-15-9(7-21-8)6-16(2)13(18)11-5-10(17(19)20)3-4-12(11)14/h3-5,7H,6H2,1-2H3. The third-order valence-corrected chi connectivity index (χ3v) is 3.96. The minimum Gasteiger partial charge on any atom is -0.336 e. The van der Waals surface area contributed by atoms with Crippen LogP contribution in [0.25, 0.3) is 0 Å². The van der Waals surface area contributed by atoms with Crippen LogP contribution in [0.1, 0.15) is 21.1 Å². The summed E-state index contributed by atoms with van der Waals surface area (Å²) in [6.45, 7) is 2.20. The molecule has 0 atom stereocenters. The van der Waals surface area contributed by atoms with E-state index in [2.05, 4.69) is 4.98 Å². The maximum absolute atomic E-state index is 12.3. The van der Waals surface area contributed by atoms with Crippen molar-refractivity contribution in [2.45, 2.75) is 13.5 Å². The van der Waals surface area contributed by atoms with Crippen molar-refractivity contribution in [1.29, 1.82) is 0 Å². The van der Waals surface area contributed by atoms with Crippen LogP contribution >= 0.6 is 22.9 Å². The number of rotatable bonds is 4. The van der Waals surface area contributed by atoms with Gasteiger partial charge in [-0.15, -0.1) is 11.3 Å². The summed E-state index contributed by atoms with van der Waals surface area (Å²) >= 11 is 7.46. The van der Waals surface area contributed by atoms with Crippen molar-refractivity contribution >= 4 is 34.5 Å². The summed E-state index contributed by atoms with van der Waals surface area (Å²) < 4.78 is 0. The maximum Gasteiger partial charge on any atom is 0.270 e. The van der Waals surface area contributed by atoms with E-state index in [1.807, 2.05) is 12.3 Å². The number of hydrogen-bond acceptors (Lipinski definition) is 5. The summed E-state index contributed by atoms with van der Waals surface area (Å²) in [5, 5.41) is 13.8. The predicted molar refractivity (Wildman–Crippen MR) is 80.8 cm³/mol. The van der Waals surface area contributed by atoms with Crippen LogP contribution in [0.5, 0.6) is 0 Å². The molecule has 0 aliphatic rings. The van der Waals surface area contributed by atoms with Crippen molar-refractivity contribution in [3.63, 3.8) is 0 Å². The number of halogens is 1. The third kappa shape index (κ3) is 3.56. The molecule has 8 heteroatoms. The molecule has 110 valence electrons. The van der Waals surface area contributed by atoms with E-state index in [1.54, 1.807) is 7.05 Å². The van der Waals surface area contributed by atoms with Crippen LogP contribution in [-0.2, 0) is 6.54 Å². The van der Waals surface area contributed by atoms with Gasteiger partial charge in [0.2, 0.25) is 0 Å². The monoisotopic (exact) mass is 325 g/mol. The van der Waals surface area contributed by atoms with Gasteiger partial charge < -0.3 is 4.90 Å². The highest BCUT2D eigenvalue weighted by Gasteiger charge is 2.19. The summed E-state index contributed by atoms with van der Waals surface area (Å²) in [4.78, 5) is 28.3. The van der Waals surface area contributed by atoms with Crippen molar-refractivity contribution in [3.05, 3.63) is 55.0 Å². The van der Waals surface area contributed by atoms with Gasteiger partial charge in [0.1, 0.15) is 0 Å². The Labute approximate surface area is 130 Å². The molecule has 1 amide bonds. The quantitative estimate of drug-likeness (QED) is 0.638. The average Bonchev–Trinajstić information content (AvgIpc) is 2.83. The lowest BCUT2D eigenvalue weighted by atomic mass is 10.1. The van der Waals surface area contributed by atoms with Gasteiger partial charge in [-0.05, 0) is 13.0 Å². The van der Waals surface area contributed by atoms with E-state index in [0.29, 0.717) is 6.54 Å². The molecule has 0 N–H and O–H groups in total. The number of nitro benzene ring substituents is 1. The van der Waals surface area contributed by atoms with Crippen LogP contribution in [0.15, 0.2) is 23.6 Å². The number of carbonyl (C=O) groups excluding carboxylic acids is 1. The Hall–Kier alpha value is -1.99. The van der Waals surface area contributed by atoms with Gasteiger partial charge in [0, 0.05) is 24.6 Å². The molecule has 2 aromatic rings. The van der Waals surface area contributed by atoms with Crippen molar-refractivity contribution in [2.75, 3.05) is 7.05 Å². The van der Waals surface area contributed by atoms with E-state index in [1.165, 1.54) is 34.4 Å². The van der Waals surface area contributed by atoms with Gasteiger partial charge in [0.25, 0.3) is 11.6 Å². The van der Waals surface area contributed by atoms with Crippen LogP contribution in [0.3, 0.4) is 0 Å². The normalized spacial score (nSPS) is 10.4.